The van der Waals surface area contributed by atoms with Crippen molar-refractivity contribution in [3.8, 4) is 5.75 Å². The molecule has 0 aliphatic rings. The number of hydrogen-bond donors (Lipinski definition) is 0. The standard InChI is InChI=1S/C18H19ClO2/c1-12-5-4-6-15(9-12)11-21-17-8-7-13(2)10-16(17)18(20)14(3)19/h4-10,14H,11H2,1-3H3. The fourth-order valence-corrected chi connectivity index (χ4v) is 2.26. The number of alkyl halides is 1. The first-order valence-electron chi connectivity index (χ1n) is 6.94. The first-order valence-corrected chi connectivity index (χ1v) is 7.38. The Kier molecular flexibility index (Phi) is 5.03. The zero-order valence-corrected chi connectivity index (χ0v) is 13.3. The Balaban J connectivity index is 2.21. The molecule has 2 aromatic carbocycles. The van der Waals surface area contributed by atoms with Gasteiger partial charge in [-0.1, -0.05) is 41.5 Å². The molecule has 0 aliphatic carbocycles. The van der Waals surface area contributed by atoms with Crippen molar-refractivity contribution in [2.24, 2.45) is 0 Å². The fraction of sp³-hybridized carbons (Fsp3) is 0.278. The van der Waals surface area contributed by atoms with E-state index in [9.17, 15) is 4.79 Å². The Bertz CT molecular complexity index is 647. The predicted octanol–water partition coefficient (Wildman–Crippen LogP) is 4.69. The van der Waals surface area contributed by atoms with Crippen LogP contribution < -0.4 is 4.74 Å². The summed E-state index contributed by atoms with van der Waals surface area (Å²) in [6, 6.07) is 13.7. The molecule has 2 nitrogen and oxygen atoms in total. The van der Waals surface area contributed by atoms with Crippen molar-refractivity contribution in [1.82, 2.24) is 0 Å². The van der Waals surface area contributed by atoms with Gasteiger partial charge in [-0.2, -0.15) is 0 Å². The number of halogens is 1. The van der Waals surface area contributed by atoms with Gasteiger partial charge >= 0.3 is 0 Å². The van der Waals surface area contributed by atoms with Gasteiger partial charge in [-0.3, -0.25) is 4.79 Å². The van der Waals surface area contributed by atoms with Gasteiger partial charge in [0.25, 0.3) is 0 Å². The van der Waals surface area contributed by atoms with Crippen LogP contribution in [0.1, 0.15) is 34.0 Å². The zero-order valence-electron chi connectivity index (χ0n) is 12.5. The number of ketones is 1. The highest BCUT2D eigenvalue weighted by molar-refractivity contribution is 6.33. The molecule has 2 aromatic rings. The molecule has 0 saturated carbocycles. The van der Waals surface area contributed by atoms with E-state index in [1.807, 2.05) is 50.2 Å². The number of Topliss-reactive ketones (excluding diaryl/α,β-unsaturated/α-hetero) is 1. The molecule has 0 saturated heterocycles. The molecule has 1 unspecified atom stereocenters. The van der Waals surface area contributed by atoms with Crippen molar-refractivity contribution in [3.63, 3.8) is 0 Å². The summed E-state index contributed by atoms with van der Waals surface area (Å²) in [4.78, 5) is 12.2. The Labute approximate surface area is 130 Å². The van der Waals surface area contributed by atoms with Gasteiger partial charge in [0, 0.05) is 0 Å². The summed E-state index contributed by atoms with van der Waals surface area (Å²) in [5.41, 5.74) is 3.82. The van der Waals surface area contributed by atoms with Crippen LogP contribution in [0.5, 0.6) is 5.75 Å². The quantitative estimate of drug-likeness (QED) is 0.591. The van der Waals surface area contributed by atoms with Crippen LogP contribution in [0.3, 0.4) is 0 Å². The molecule has 0 heterocycles. The minimum Gasteiger partial charge on any atom is -0.488 e. The second-order valence-corrected chi connectivity index (χ2v) is 5.91. The molecule has 0 radical (unpaired) electrons. The number of carbonyl (C=O) groups is 1. The summed E-state index contributed by atoms with van der Waals surface area (Å²) in [6.45, 7) is 6.10. The van der Waals surface area contributed by atoms with Gasteiger partial charge in [0.1, 0.15) is 12.4 Å². The summed E-state index contributed by atoms with van der Waals surface area (Å²) in [7, 11) is 0. The van der Waals surface area contributed by atoms with Crippen LogP contribution in [0.4, 0.5) is 0 Å². The van der Waals surface area contributed by atoms with Gasteiger partial charge in [-0.15, -0.1) is 11.6 Å². The molecule has 0 fully saturated rings. The van der Waals surface area contributed by atoms with Crippen LogP contribution in [0.2, 0.25) is 0 Å². The molecule has 0 N–H and O–H groups in total. The lowest BCUT2D eigenvalue weighted by molar-refractivity contribution is 0.0987. The van der Waals surface area contributed by atoms with E-state index in [0.717, 1.165) is 11.1 Å². The van der Waals surface area contributed by atoms with E-state index in [1.165, 1.54) is 5.56 Å². The zero-order chi connectivity index (χ0) is 15.4. The van der Waals surface area contributed by atoms with Crippen molar-refractivity contribution in [1.29, 1.82) is 0 Å². The van der Waals surface area contributed by atoms with E-state index in [2.05, 4.69) is 6.07 Å². The maximum absolute atomic E-state index is 12.2. The van der Waals surface area contributed by atoms with E-state index >= 15 is 0 Å². The number of carbonyl (C=O) groups excluding carboxylic acids is 1. The highest BCUT2D eigenvalue weighted by atomic mass is 35.5. The van der Waals surface area contributed by atoms with Crippen LogP contribution in [-0.2, 0) is 6.61 Å². The molecule has 0 spiro atoms. The van der Waals surface area contributed by atoms with Crippen LogP contribution in [0, 0.1) is 13.8 Å². The molecular formula is C18H19ClO2. The Morgan fingerprint density at radius 1 is 1.14 bits per heavy atom. The third-order valence-corrected chi connectivity index (χ3v) is 3.44. The number of hydrogen-bond acceptors (Lipinski definition) is 2. The highest BCUT2D eigenvalue weighted by Gasteiger charge is 2.17. The third kappa shape index (κ3) is 4.08. The highest BCUT2D eigenvalue weighted by Crippen LogP contribution is 2.24. The molecule has 21 heavy (non-hydrogen) atoms. The van der Waals surface area contributed by atoms with E-state index in [4.69, 9.17) is 16.3 Å². The lowest BCUT2D eigenvalue weighted by atomic mass is 10.0. The molecule has 110 valence electrons. The lowest BCUT2D eigenvalue weighted by Crippen LogP contribution is -2.12. The van der Waals surface area contributed by atoms with Gasteiger partial charge in [0.2, 0.25) is 0 Å². The number of aryl methyl sites for hydroxylation is 2. The molecule has 3 heteroatoms. The molecule has 0 bridgehead atoms. The van der Waals surface area contributed by atoms with Crippen molar-refractivity contribution >= 4 is 17.4 Å². The van der Waals surface area contributed by atoms with Crippen LogP contribution in [-0.4, -0.2) is 11.2 Å². The maximum atomic E-state index is 12.2. The number of rotatable bonds is 5. The van der Waals surface area contributed by atoms with Crippen LogP contribution in [0.15, 0.2) is 42.5 Å². The molecular weight excluding hydrogens is 284 g/mol. The SMILES string of the molecule is Cc1cccc(COc2ccc(C)cc2C(=O)C(C)Cl)c1. The topological polar surface area (TPSA) is 26.3 Å². The average molecular weight is 303 g/mol. The van der Waals surface area contributed by atoms with Crippen molar-refractivity contribution in [2.45, 2.75) is 32.8 Å². The predicted molar refractivity (Wildman–Crippen MR) is 86.3 cm³/mol. The second-order valence-electron chi connectivity index (χ2n) is 5.26. The Morgan fingerprint density at radius 3 is 2.52 bits per heavy atom. The first kappa shape index (κ1) is 15.6. The monoisotopic (exact) mass is 302 g/mol. The van der Waals surface area contributed by atoms with Crippen LogP contribution in [0.25, 0.3) is 0 Å². The van der Waals surface area contributed by atoms with E-state index in [-0.39, 0.29) is 5.78 Å². The third-order valence-electron chi connectivity index (χ3n) is 3.24. The first-order chi connectivity index (χ1) is 9.97. The lowest BCUT2D eigenvalue weighted by Gasteiger charge is -2.13. The summed E-state index contributed by atoms with van der Waals surface area (Å²) in [6.07, 6.45) is 0. The summed E-state index contributed by atoms with van der Waals surface area (Å²) >= 11 is 5.92. The average Bonchev–Trinajstić information content (AvgIpc) is 2.45. The van der Waals surface area contributed by atoms with E-state index in [0.29, 0.717) is 17.9 Å². The molecule has 1 atom stereocenters. The second kappa shape index (κ2) is 6.77. The number of benzene rings is 2. The summed E-state index contributed by atoms with van der Waals surface area (Å²) < 4.78 is 5.83. The normalized spacial score (nSPS) is 12.0. The van der Waals surface area contributed by atoms with Crippen molar-refractivity contribution in [3.05, 3.63) is 64.7 Å². The molecule has 0 aliphatic heterocycles. The van der Waals surface area contributed by atoms with Crippen LogP contribution >= 0.6 is 11.6 Å². The van der Waals surface area contributed by atoms with Gasteiger partial charge in [0.15, 0.2) is 5.78 Å². The smallest absolute Gasteiger partial charge is 0.184 e. The van der Waals surface area contributed by atoms with Gasteiger partial charge < -0.3 is 4.74 Å². The fourth-order valence-electron chi connectivity index (χ4n) is 2.14. The van der Waals surface area contributed by atoms with E-state index < -0.39 is 5.38 Å². The molecule has 0 aromatic heterocycles. The van der Waals surface area contributed by atoms with Gasteiger partial charge in [-0.25, -0.2) is 0 Å². The van der Waals surface area contributed by atoms with Gasteiger partial charge in [0.05, 0.1) is 10.9 Å². The summed E-state index contributed by atoms with van der Waals surface area (Å²) in [5.74, 6) is 0.471. The molecule has 2 rings (SSSR count). The van der Waals surface area contributed by atoms with Crippen molar-refractivity contribution in [2.75, 3.05) is 0 Å². The largest absolute Gasteiger partial charge is 0.488 e. The summed E-state index contributed by atoms with van der Waals surface area (Å²) in [5, 5.41) is -0.562. The Morgan fingerprint density at radius 2 is 1.86 bits per heavy atom. The minimum atomic E-state index is -0.562. The van der Waals surface area contributed by atoms with Crippen molar-refractivity contribution < 1.29 is 9.53 Å². The Hall–Kier alpha value is -1.80. The van der Waals surface area contributed by atoms with Gasteiger partial charge in [-0.05, 0) is 38.5 Å². The molecule has 0 amide bonds. The minimum absolute atomic E-state index is 0.111. The maximum Gasteiger partial charge on any atom is 0.184 e. The number of ether oxygens (including phenoxy) is 1. The van der Waals surface area contributed by atoms with E-state index in [1.54, 1.807) is 6.92 Å².